The van der Waals surface area contributed by atoms with Gasteiger partial charge in [-0.05, 0) is 35.7 Å². The zero-order valence-corrected chi connectivity index (χ0v) is 9.88. The van der Waals surface area contributed by atoms with Crippen LogP contribution in [0.5, 0.6) is 0 Å². The van der Waals surface area contributed by atoms with Gasteiger partial charge in [-0.25, -0.2) is 9.97 Å². The number of benzene rings is 1. The van der Waals surface area contributed by atoms with Crippen molar-refractivity contribution in [2.75, 3.05) is 0 Å². The van der Waals surface area contributed by atoms with E-state index in [1.54, 1.807) is 12.1 Å². The van der Waals surface area contributed by atoms with Gasteiger partial charge in [0.25, 0.3) is 0 Å². The molecule has 0 atom stereocenters. The molecule has 0 amide bonds. The molecule has 1 aromatic heterocycles. The van der Waals surface area contributed by atoms with Crippen molar-refractivity contribution < 1.29 is 0 Å². The van der Waals surface area contributed by atoms with Crippen molar-refractivity contribution in [1.29, 1.82) is 5.26 Å². The van der Waals surface area contributed by atoms with Crippen LogP contribution in [0.1, 0.15) is 30.9 Å². The average molecular weight is 223 g/mol. The number of rotatable bonds is 2. The highest BCUT2D eigenvalue weighted by atomic mass is 14.9. The van der Waals surface area contributed by atoms with Crippen LogP contribution in [0.2, 0.25) is 0 Å². The van der Waals surface area contributed by atoms with Crippen molar-refractivity contribution in [2.24, 2.45) is 0 Å². The monoisotopic (exact) mass is 223 g/mol. The van der Waals surface area contributed by atoms with Crippen molar-refractivity contribution in [3.05, 3.63) is 47.8 Å². The van der Waals surface area contributed by atoms with Gasteiger partial charge < -0.3 is 0 Å². The largest absolute Gasteiger partial charge is 0.236 e. The summed E-state index contributed by atoms with van der Waals surface area (Å²) in [4.78, 5) is 8.66. The first-order chi connectivity index (χ1) is 8.20. The second kappa shape index (κ2) is 4.75. The van der Waals surface area contributed by atoms with E-state index in [-0.39, 0.29) is 0 Å². The first-order valence-corrected chi connectivity index (χ1v) is 5.53. The van der Waals surface area contributed by atoms with E-state index >= 15 is 0 Å². The summed E-state index contributed by atoms with van der Waals surface area (Å²) in [5, 5.41) is 8.72. The van der Waals surface area contributed by atoms with Gasteiger partial charge in [0.1, 0.15) is 0 Å². The summed E-state index contributed by atoms with van der Waals surface area (Å²) < 4.78 is 0. The van der Waals surface area contributed by atoms with E-state index in [1.165, 1.54) is 0 Å². The molecule has 0 aliphatic rings. The van der Waals surface area contributed by atoms with Gasteiger partial charge in [-0.2, -0.15) is 5.26 Å². The summed E-state index contributed by atoms with van der Waals surface area (Å²) in [6.07, 6.45) is 3.70. The second-order valence-electron chi connectivity index (χ2n) is 4.18. The Kier molecular flexibility index (Phi) is 3.15. The molecule has 3 nitrogen and oxygen atoms in total. The van der Waals surface area contributed by atoms with Gasteiger partial charge in [-0.15, -0.1) is 0 Å². The molecule has 0 bridgehead atoms. The van der Waals surface area contributed by atoms with Crippen LogP contribution in [-0.2, 0) is 0 Å². The SMILES string of the molecule is CC(C)c1cnc(-c2ccc(C#N)cc2)nc1. The summed E-state index contributed by atoms with van der Waals surface area (Å²) in [5.74, 6) is 1.13. The van der Waals surface area contributed by atoms with E-state index in [4.69, 9.17) is 5.26 Å². The third kappa shape index (κ3) is 2.48. The van der Waals surface area contributed by atoms with E-state index < -0.39 is 0 Å². The lowest BCUT2D eigenvalue weighted by atomic mass is 10.1. The molecular weight excluding hydrogens is 210 g/mol. The Morgan fingerprint density at radius 3 is 2.12 bits per heavy atom. The van der Waals surface area contributed by atoms with Crippen LogP contribution in [-0.4, -0.2) is 9.97 Å². The van der Waals surface area contributed by atoms with Crippen LogP contribution in [0.15, 0.2) is 36.7 Å². The van der Waals surface area contributed by atoms with Crippen LogP contribution < -0.4 is 0 Å². The summed E-state index contributed by atoms with van der Waals surface area (Å²) in [5.41, 5.74) is 2.70. The van der Waals surface area contributed by atoms with Crippen molar-refractivity contribution >= 4 is 0 Å². The molecule has 0 saturated carbocycles. The smallest absolute Gasteiger partial charge is 0.159 e. The standard InChI is InChI=1S/C14H13N3/c1-10(2)13-8-16-14(17-9-13)12-5-3-11(7-15)4-6-12/h3-6,8-10H,1-2H3. The predicted molar refractivity (Wildman–Crippen MR) is 66.3 cm³/mol. The summed E-state index contributed by atoms with van der Waals surface area (Å²) >= 11 is 0. The highest BCUT2D eigenvalue weighted by molar-refractivity contribution is 5.56. The van der Waals surface area contributed by atoms with E-state index in [9.17, 15) is 0 Å². The minimum atomic E-state index is 0.435. The summed E-state index contributed by atoms with van der Waals surface area (Å²) in [6.45, 7) is 4.22. The predicted octanol–water partition coefficient (Wildman–Crippen LogP) is 3.14. The molecular formula is C14H13N3. The first-order valence-electron chi connectivity index (χ1n) is 5.53. The number of hydrogen-bond donors (Lipinski definition) is 0. The van der Waals surface area contributed by atoms with Crippen LogP contribution in [0, 0.1) is 11.3 Å². The third-order valence-electron chi connectivity index (χ3n) is 2.61. The molecule has 0 aliphatic heterocycles. The first kappa shape index (κ1) is 11.3. The topological polar surface area (TPSA) is 49.6 Å². The fourth-order valence-corrected chi connectivity index (χ4v) is 1.48. The molecule has 17 heavy (non-hydrogen) atoms. The maximum Gasteiger partial charge on any atom is 0.159 e. The molecule has 1 heterocycles. The molecule has 0 spiro atoms. The third-order valence-corrected chi connectivity index (χ3v) is 2.61. The second-order valence-corrected chi connectivity index (χ2v) is 4.18. The lowest BCUT2D eigenvalue weighted by molar-refractivity contribution is 0.847. The van der Waals surface area contributed by atoms with Gasteiger partial charge >= 0.3 is 0 Å². The molecule has 2 aromatic rings. The normalized spacial score (nSPS) is 10.2. The summed E-state index contributed by atoms with van der Waals surface area (Å²) in [7, 11) is 0. The molecule has 0 aliphatic carbocycles. The molecule has 0 saturated heterocycles. The maximum atomic E-state index is 8.72. The Morgan fingerprint density at radius 2 is 1.65 bits per heavy atom. The number of nitrogens with zero attached hydrogens (tertiary/aromatic N) is 3. The Hall–Kier alpha value is -2.21. The Balaban J connectivity index is 2.30. The van der Waals surface area contributed by atoms with Gasteiger partial charge in [0.05, 0.1) is 11.6 Å². The maximum absolute atomic E-state index is 8.72. The highest BCUT2D eigenvalue weighted by Gasteiger charge is 2.03. The lowest BCUT2D eigenvalue weighted by Gasteiger charge is -2.05. The molecule has 0 N–H and O–H groups in total. The Morgan fingerprint density at radius 1 is 1.06 bits per heavy atom. The fraction of sp³-hybridized carbons (Fsp3) is 0.214. The van der Waals surface area contributed by atoms with Gasteiger partial charge in [-0.1, -0.05) is 13.8 Å². The fourth-order valence-electron chi connectivity index (χ4n) is 1.48. The number of aromatic nitrogens is 2. The molecule has 0 radical (unpaired) electrons. The zero-order valence-electron chi connectivity index (χ0n) is 9.88. The lowest BCUT2D eigenvalue weighted by Crippen LogP contribution is -1.94. The van der Waals surface area contributed by atoms with E-state index in [0.717, 1.165) is 11.1 Å². The zero-order chi connectivity index (χ0) is 12.3. The average Bonchev–Trinajstić information content (AvgIpc) is 2.39. The van der Waals surface area contributed by atoms with Crippen LogP contribution in [0.25, 0.3) is 11.4 Å². The molecule has 84 valence electrons. The minimum Gasteiger partial charge on any atom is -0.236 e. The van der Waals surface area contributed by atoms with Crippen molar-refractivity contribution in [3.8, 4) is 17.5 Å². The van der Waals surface area contributed by atoms with Crippen molar-refractivity contribution in [1.82, 2.24) is 9.97 Å². The van der Waals surface area contributed by atoms with Gasteiger partial charge in [0.15, 0.2) is 5.82 Å². The molecule has 2 rings (SSSR count). The summed E-state index contributed by atoms with van der Waals surface area (Å²) in [6, 6.07) is 9.36. The van der Waals surface area contributed by atoms with Gasteiger partial charge in [0, 0.05) is 18.0 Å². The quantitative estimate of drug-likeness (QED) is 0.785. The molecule has 0 unspecified atom stereocenters. The van der Waals surface area contributed by atoms with E-state index in [0.29, 0.717) is 17.3 Å². The number of hydrogen-bond acceptors (Lipinski definition) is 3. The van der Waals surface area contributed by atoms with E-state index in [2.05, 4.69) is 29.9 Å². The van der Waals surface area contributed by atoms with Gasteiger partial charge in [0.2, 0.25) is 0 Å². The Labute approximate surface area is 101 Å². The number of nitriles is 1. The molecule has 3 heteroatoms. The van der Waals surface area contributed by atoms with Crippen LogP contribution in [0.3, 0.4) is 0 Å². The van der Waals surface area contributed by atoms with Crippen molar-refractivity contribution in [3.63, 3.8) is 0 Å². The molecule has 0 fully saturated rings. The van der Waals surface area contributed by atoms with Crippen molar-refractivity contribution in [2.45, 2.75) is 19.8 Å². The van der Waals surface area contributed by atoms with Crippen LogP contribution in [0.4, 0.5) is 0 Å². The minimum absolute atomic E-state index is 0.435. The van der Waals surface area contributed by atoms with E-state index in [1.807, 2.05) is 24.5 Å². The van der Waals surface area contributed by atoms with Crippen LogP contribution >= 0.6 is 0 Å². The Bertz CT molecular complexity index is 533. The highest BCUT2D eigenvalue weighted by Crippen LogP contribution is 2.17. The molecule has 1 aromatic carbocycles. The van der Waals surface area contributed by atoms with Gasteiger partial charge in [-0.3, -0.25) is 0 Å².